The van der Waals surface area contributed by atoms with Gasteiger partial charge in [0.2, 0.25) is 0 Å². The van der Waals surface area contributed by atoms with E-state index in [4.69, 9.17) is 0 Å². The van der Waals surface area contributed by atoms with Crippen LogP contribution in [-0.2, 0) is 6.42 Å². The largest absolute Gasteiger partial charge is 0.299 e. The maximum Gasteiger partial charge on any atom is 0.0642 e. The Morgan fingerprint density at radius 2 is 1.95 bits per heavy atom. The second kappa shape index (κ2) is 8.64. The normalized spacial score (nSPS) is 15.3. The summed E-state index contributed by atoms with van der Waals surface area (Å²) < 4.78 is 1.41. The van der Waals surface area contributed by atoms with E-state index in [2.05, 4.69) is 58.8 Å². The molecule has 0 N–H and O–H groups in total. The summed E-state index contributed by atoms with van der Waals surface area (Å²) in [6, 6.07) is 15.1. The predicted octanol–water partition coefficient (Wildman–Crippen LogP) is 5.09. The standard InChI is InChI=1S/C17H19NS2.ClH/c1-2-5-15(6-3-1)8-11-18-12-9-16(10-13-18)20-17-7-4-14-19-17;/h1-7,9,14H,8,10-13H2;1H. The van der Waals surface area contributed by atoms with Crippen molar-refractivity contribution in [2.75, 3.05) is 19.6 Å². The van der Waals surface area contributed by atoms with Crippen LogP contribution < -0.4 is 0 Å². The van der Waals surface area contributed by atoms with Crippen molar-refractivity contribution in [1.82, 2.24) is 4.90 Å². The monoisotopic (exact) mass is 337 g/mol. The SMILES string of the molecule is C1=C(Sc2cccs2)CCN(CCc2ccccc2)C1.Cl. The highest BCUT2D eigenvalue weighted by molar-refractivity contribution is 8.04. The molecule has 1 aromatic carbocycles. The van der Waals surface area contributed by atoms with Gasteiger partial charge < -0.3 is 0 Å². The first-order valence-electron chi connectivity index (χ1n) is 7.07. The van der Waals surface area contributed by atoms with Gasteiger partial charge in [-0.2, -0.15) is 0 Å². The molecule has 0 atom stereocenters. The van der Waals surface area contributed by atoms with Gasteiger partial charge in [-0.25, -0.2) is 0 Å². The average Bonchev–Trinajstić information content (AvgIpc) is 3.01. The summed E-state index contributed by atoms with van der Waals surface area (Å²) in [4.78, 5) is 4.08. The molecule has 3 rings (SSSR count). The Morgan fingerprint density at radius 3 is 2.62 bits per heavy atom. The second-order valence-electron chi connectivity index (χ2n) is 4.99. The molecule has 0 fully saturated rings. The third-order valence-corrected chi connectivity index (χ3v) is 5.71. The van der Waals surface area contributed by atoms with E-state index < -0.39 is 0 Å². The lowest BCUT2D eigenvalue weighted by atomic mass is 10.1. The zero-order valence-corrected chi connectivity index (χ0v) is 14.4. The van der Waals surface area contributed by atoms with Gasteiger partial charge in [-0.15, -0.1) is 23.7 Å². The number of benzene rings is 1. The molecule has 0 saturated heterocycles. The molecule has 1 nitrogen and oxygen atoms in total. The highest BCUT2D eigenvalue weighted by Crippen LogP contribution is 2.33. The minimum absolute atomic E-state index is 0. The maximum atomic E-state index is 2.55. The summed E-state index contributed by atoms with van der Waals surface area (Å²) in [5, 5.41) is 2.15. The third-order valence-electron chi connectivity index (χ3n) is 3.54. The molecule has 2 heterocycles. The molecule has 0 bridgehead atoms. The first kappa shape index (κ1) is 16.6. The van der Waals surface area contributed by atoms with Crippen LogP contribution in [0.3, 0.4) is 0 Å². The van der Waals surface area contributed by atoms with Crippen molar-refractivity contribution in [1.29, 1.82) is 0 Å². The highest BCUT2D eigenvalue weighted by atomic mass is 35.5. The van der Waals surface area contributed by atoms with Crippen LogP contribution in [0.25, 0.3) is 0 Å². The van der Waals surface area contributed by atoms with Gasteiger partial charge in [-0.1, -0.05) is 54.2 Å². The topological polar surface area (TPSA) is 3.24 Å². The molecule has 1 aliphatic heterocycles. The fraction of sp³-hybridized carbons (Fsp3) is 0.294. The summed E-state index contributed by atoms with van der Waals surface area (Å²) in [6.45, 7) is 3.45. The Kier molecular flexibility index (Phi) is 6.84. The van der Waals surface area contributed by atoms with Crippen molar-refractivity contribution < 1.29 is 0 Å². The summed E-state index contributed by atoms with van der Waals surface area (Å²) >= 11 is 3.77. The molecule has 0 unspecified atom stereocenters. The number of hydrogen-bond acceptors (Lipinski definition) is 3. The zero-order valence-electron chi connectivity index (χ0n) is 11.9. The van der Waals surface area contributed by atoms with Crippen molar-refractivity contribution in [3.63, 3.8) is 0 Å². The van der Waals surface area contributed by atoms with Crippen LogP contribution >= 0.6 is 35.5 Å². The predicted molar refractivity (Wildman–Crippen MR) is 96.7 cm³/mol. The van der Waals surface area contributed by atoms with Gasteiger partial charge >= 0.3 is 0 Å². The Morgan fingerprint density at radius 1 is 1.10 bits per heavy atom. The maximum absolute atomic E-state index is 2.55. The molecule has 4 heteroatoms. The summed E-state index contributed by atoms with van der Waals surface area (Å²) in [5.74, 6) is 0. The Balaban J connectivity index is 0.00000161. The molecule has 0 spiro atoms. The molecule has 0 saturated carbocycles. The second-order valence-corrected chi connectivity index (χ2v) is 7.37. The van der Waals surface area contributed by atoms with Crippen LogP contribution in [0.15, 0.2) is 63.0 Å². The molecule has 112 valence electrons. The van der Waals surface area contributed by atoms with Gasteiger partial charge in [-0.3, -0.25) is 4.90 Å². The number of thioether (sulfide) groups is 1. The number of nitrogens with zero attached hydrogens (tertiary/aromatic N) is 1. The van der Waals surface area contributed by atoms with Gasteiger partial charge in [-0.05, 0) is 34.8 Å². The van der Waals surface area contributed by atoms with Crippen LogP contribution in [0.1, 0.15) is 12.0 Å². The van der Waals surface area contributed by atoms with Gasteiger partial charge in [0.25, 0.3) is 0 Å². The van der Waals surface area contributed by atoms with Crippen molar-refractivity contribution in [2.45, 2.75) is 17.1 Å². The van der Waals surface area contributed by atoms with Gasteiger partial charge in [0.05, 0.1) is 4.21 Å². The van der Waals surface area contributed by atoms with E-state index in [1.54, 1.807) is 0 Å². The molecule has 1 aliphatic rings. The number of thiophene rings is 1. The van der Waals surface area contributed by atoms with E-state index >= 15 is 0 Å². The first-order valence-corrected chi connectivity index (χ1v) is 8.76. The van der Waals surface area contributed by atoms with E-state index in [9.17, 15) is 0 Å². The molecule has 2 aromatic rings. The fourth-order valence-electron chi connectivity index (χ4n) is 2.37. The van der Waals surface area contributed by atoms with Crippen LogP contribution in [-0.4, -0.2) is 24.5 Å². The molecular formula is C17H20ClNS2. The minimum atomic E-state index is 0. The van der Waals surface area contributed by atoms with Crippen LogP contribution in [0.2, 0.25) is 0 Å². The van der Waals surface area contributed by atoms with Crippen molar-refractivity contribution in [2.24, 2.45) is 0 Å². The third kappa shape index (κ3) is 5.19. The summed E-state index contributed by atoms with van der Waals surface area (Å²) in [6.07, 6.45) is 4.75. The number of hydrogen-bond donors (Lipinski definition) is 0. The summed E-state index contributed by atoms with van der Waals surface area (Å²) in [7, 11) is 0. The quantitative estimate of drug-likeness (QED) is 0.747. The first-order chi connectivity index (χ1) is 9.90. The average molecular weight is 338 g/mol. The lowest BCUT2D eigenvalue weighted by molar-refractivity contribution is 0.301. The lowest BCUT2D eigenvalue weighted by Crippen LogP contribution is -2.30. The molecule has 1 aromatic heterocycles. The molecular weight excluding hydrogens is 318 g/mol. The number of rotatable bonds is 5. The highest BCUT2D eigenvalue weighted by Gasteiger charge is 2.12. The van der Waals surface area contributed by atoms with Crippen LogP contribution in [0.4, 0.5) is 0 Å². The fourth-order valence-corrected chi connectivity index (χ4v) is 4.26. The van der Waals surface area contributed by atoms with Gasteiger partial charge in [0, 0.05) is 19.6 Å². The van der Waals surface area contributed by atoms with Crippen molar-refractivity contribution >= 4 is 35.5 Å². The van der Waals surface area contributed by atoms with Gasteiger partial charge in [0.1, 0.15) is 0 Å². The van der Waals surface area contributed by atoms with Crippen LogP contribution in [0.5, 0.6) is 0 Å². The Hall–Kier alpha value is -0.740. The zero-order chi connectivity index (χ0) is 13.6. The molecule has 0 amide bonds. The van der Waals surface area contributed by atoms with Crippen LogP contribution in [0, 0.1) is 0 Å². The smallest absolute Gasteiger partial charge is 0.0642 e. The lowest BCUT2D eigenvalue weighted by Gasteiger charge is -2.25. The Labute approximate surface area is 141 Å². The molecule has 21 heavy (non-hydrogen) atoms. The summed E-state index contributed by atoms with van der Waals surface area (Å²) in [5.41, 5.74) is 1.44. The minimum Gasteiger partial charge on any atom is -0.299 e. The van der Waals surface area contributed by atoms with Gasteiger partial charge in [0.15, 0.2) is 0 Å². The van der Waals surface area contributed by atoms with Crippen molar-refractivity contribution in [3.05, 3.63) is 64.4 Å². The van der Waals surface area contributed by atoms with E-state index in [0.717, 1.165) is 19.5 Å². The van der Waals surface area contributed by atoms with E-state index in [1.807, 2.05) is 23.1 Å². The van der Waals surface area contributed by atoms with E-state index in [0.29, 0.717) is 0 Å². The number of halogens is 1. The van der Waals surface area contributed by atoms with Crippen molar-refractivity contribution in [3.8, 4) is 0 Å². The Bertz CT molecular complexity index is 551. The molecule has 0 aliphatic carbocycles. The van der Waals surface area contributed by atoms with E-state index in [-0.39, 0.29) is 12.4 Å². The van der Waals surface area contributed by atoms with E-state index in [1.165, 1.54) is 27.6 Å². The molecule has 0 radical (unpaired) electrons.